The van der Waals surface area contributed by atoms with Crippen LogP contribution in [0.15, 0.2) is 18.2 Å². The summed E-state index contributed by atoms with van der Waals surface area (Å²) in [6.07, 6.45) is 0.0456. The predicted molar refractivity (Wildman–Crippen MR) is 86.3 cm³/mol. The van der Waals surface area contributed by atoms with E-state index in [2.05, 4.69) is 19.2 Å². The maximum absolute atomic E-state index is 9.90. The quantitative estimate of drug-likeness (QED) is 0.649. The molecule has 120 valence electrons. The van der Waals surface area contributed by atoms with Gasteiger partial charge in [-0.2, -0.15) is 0 Å². The molecule has 1 rings (SSSR count). The summed E-state index contributed by atoms with van der Waals surface area (Å²) in [5.41, 5.74) is -0.0125. The Morgan fingerprint density at radius 1 is 1.29 bits per heavy atom. The van der Waals surface area contributed by atoms with Crippen LogP contribution >= 0.6 is 23.2 Å². The third-order valence-corrected chi connectivity index (χ3v) is 3.71. The molecule has 0 aliphatic rings. The molecule has 4 nitrogen and oxygen atoms in total. The number of ether oxygens (including phenoxy) is 1. The molecular weight excluding hydrogens is 313 g/mol. The van der Waals surface area contributed by atoms with Gasteiger partial charge in [0, 0.05) is 19.7 Å². The predicted octanol–water partition coefficient (Wildman–Crippen LogP) is 2.73. The fraction of sp³-hybridized carbons (Fsp3) is 0.600. The van der Waals surface area contributed by atoms with Crippen molar-refractivity contribution in [2.75, 3.05) is 26.3 Å². The van der Waals surface area contributed by atoms with E-state index in [0.717, 1.165) is 0 Å². The van der Waals surface area contributed by atoms with Gasteiger partial charge in [-0.25, -0.2) is 0 Å². The van der Waals surface area contributed by atoms with Crippen molar-refractivity contribution in [2.45, 2.75) is 26.4 Å². The smallest absolute Gasteiger partial charge is 0.156 e. The highest BCUT2D eigenvalue weighted by molar-refractivity contribution is 6.37. The lowest BCUT2D eigenvalue weighted by Gasteiger charge is -2.24. The monoisotopic (exact) mass is 335 g/mol. The van der Waals surface area contributed by atoms with Crippen molar-refractivity contribution in [1.29, 1.82) is 0 Å². The first-order valence-electron chi connectivity index (χ1n) is 6.92. The molecule has 3 N–H and O–H groups in total. The number of halogens is 2. The molecule has 0 aromatic heterocycles. The van der Waals surface area contributed by atoms with E-state index >= 15 is 0 Å². The Balaban J connectivity index is 2.33. The Bertz CT molecular complexity index is 421. The molecule has 0 amide bonds. The van der Waals surface area contributed by atoms with Crippen LogP contribution in [-0.4, -0.2) is 42.6 Å². The zero-order chi connectivity index (χ0) is 15.9. The topological polar surface area (TPSA) is 61.7 Å². The highest BCUT2D eigenvalue weighted by Crippen LogP contribution is 2.32. The van der Waals surface area contributed by atoms with Gasteiger partial charge in [0.1, 0.15) is 12.7 Å². The molecule has 0 radical (unpaired) electrons. The average molecular weight is 336 g/mol. The number of nitrogens with one attached hydrogen (secondary N) is 1. The van der Waals surface area contributed by atoms with Gasteiger partial charge in [-0.3, -0.25) is 0 Å². The SMILES string of the molecule is CC(C)(CCO)CNCC(O)COc1c(Cl)cccc1Cl. The lowest BCUT2D eigenvalue weighted by molar-refractivity contribution is 0.102. The normalized spacial score (nSPS) is 13.2. The third-order valence-electron chi connectivity index (χ3n) is 3.11. The average Bonchev–Trinajstić information content (AvgIpc) is 2.37. The van der Waals surface area contributed by atoms with Gasteiger partial charge in [-0.1, -0.05) is 43.1 Å². The zero-order valence-corrected chi connectivity index (χ0v) is 13.9. The Labute approximate surface area is 136 Å². The summed E-state index contributed by atoms with van der Waals surface area (Å²) < 4.78 is 5.47. The summed E-state index contributed by atoms with van der Waals surface area (Å²) in [4.78, 5) is 0. The molecule has 21 heavy (non-hydrogen) atoms. The van der Waals surface area contributed by atoms with E-state index in [1.54, 1.807) is 18.2 Å². The number of aliphatic hydroxyl groups is 2. The fourth-order valence-electron chi connectivity index (χ4n) is 1.83. The zero-order valence-electron chi connectivity index (χ0n) is 12.4. The van der Waals surface area contributed by atoms with Crippen LogP contribution in [0.2, 0.25) is 10.0 Å². The van der Waals surface area contributed by atoms with Crippen molar-refractivity contribution in [2.24, 2.45) is 5.41 Å². The molecule has 0 saturated carbocycles. The summed E-state index contributed by atoms with van der Waals surface area (Å²) in [6, 6.07) is 5.11. The second kappa shape index (κ2) is 8.81. The van der Waals surface area contributed by atoms with Gasteiger partial charge in [0.15, 0.2) is 5.75 Å². The first-order chi connectivity index (χ1) is 9.85. The Hall–Kier alpha value is -0.520. The Kier molecular flexibility index (Phi) is 7.77. The van der Waals surface area contributed by atoms with Crippen LogP contribution in [-0.2, 0) is 0 Å². The molecule has 0 spiro atoms. The summed E-state index contributed by atoms with van der Waals surface area (Å²) in [7, 11) is 0. The molecule has 1 unspecified atom stereocenters. The van der Waals surface area contributed by atoms with Crippen molar-refractivity contribution in [3.63, 3.8) is 0 Å². The van der Waals surface area contributed by atoms with Crippen molar-refractivity contribution in [3.8, 4) is 5.75 Å². The van der Waals surface area contributed by atoms with Crippen LogP contribution in [0.4, 0.5) is 0 Å². The van der Waals surface area contributed by atoms with Gasteiger partial charge in [0.2, 0.25) is 0 Å². The number of para-hydroxylation sites is 1. The lowest BCUT2D eigenvalue weighted by Crippen LogP contribution is -2.37. The number of benzene rings is 1. The Morgan fingerprint density at radius 3 is 2.48 bits per heavy atom. The second-order valence-corrected chi connectivity index (χ2v) is 6.60. The summed E-state index contributed by atoms with van der Waals surface area (Å²) >= 11 is 12.0. The molecule has 0 aliphatic heterocycles. The van der Waals surface area contributed by atoms with Crippen molar-refractivity contribution in [3.05, 3.63) is 28.2 Å². The van der Waals surface area contributed by atoms with Gasteiger partial charge >= 0.3 is 0 Å². The fourth-order valence-corrected chi connectivity index (χ4v) is 2.33. The van der Waals surface area contributed by atoms with E-state index in [1.807, 2.05) is 0 Å². The van der Waals surface area contributed by atoms with Gasteiger partial charge in [0.05, 0.1) is 10.0 Å². The first-order valence-corrected chi connectivity index (χ1v) is 7.68. The van der Waals surface area contributed by atoms with Crippen LogP contribution in [0.25, 0.3) is 0 Å². The van der Waals surface area contributed by atoms with Crippen molar-refractivity contribution >= 4 is 23.2 Å². The lowest BCUT2D eigenvalue weighted by atomic mass is 9.90. The minimum atomic E-state index is -0.665. The van der Waals surface area contributed by atoms with Gasteiger partial charge in [-0.15, -0.1) is 0 Å². The minimum Gasteiger partial charge on any atom is -0.488 e. The highest BCUT2D eigenvalue weighted by Gasteiger charge is 2.17. The number of aliphatic hydroxyl groups excluding tert-OH is 2. The molecule has 0 heterocycles. The van der Waals surface area contributed by atoms with Crippen molar-refractivity contribution < 1.29 is 14.9 Å². The molecule has 0 saturated heterocycles. The van der Waals surface area contributed by atoms with Gasteiger partial charge in [0.25, 0.3) is 0 Å². The van der Waals surface area contributed by atoms with E-state index in [-0.39, 0.29) is 18.6 Å². The van der Waals surface area contributed by atoms with Gasteiger partial charge in [-0.05, 0) is 24.0 Å². The van der Waals surface area contributed by atoms with E-state index in [9.17, 15) is 5.11 Å². The summed E-state index contributed by atoms with van der Waals surface area (Å²) in [5.74, 6) is 0.389. The molecule has 0 bridgehead atoms. The molecule has 1 atom stereocenters. The number of hydrogen-bond donors (Lipinski definition) is 3. The highest BCUT2D eigenvalue weighted by atomic mass is 35.5. The summed E-state index contributed by atoms with van der Waals surface area (Å²) in [5, 5.41) is 22.9. The standard InChI is InChI=1S/C15H23Cl2NO3/c1-15(2,6-7-19)10-18-8-11(20)9-21-14-12(16)4-3-5-13(14)17/h3-5,11,18-20H,6-10H2,1-2H3. The Morgan fingerprint density at radius 2 is 1.90 bits per heavy atom. The first kappa shape index (κ1) is 18.5. The van der Waals surface area contributed by atoms with E-state index < -0.39 is 6.10 Å². The van der Waals surface area contributed by atoms with E-state index in [1.165, 1.54) is 0 Å². The van der Waals surface area contributed by atoms with Crippen LogP contribution in [0, 0.1) is 5.41 Å². The van der Waals surface area contributed by atoms with Crippen LogP contribution in [0.5, 0.6) is 5.75 Å². The van der Waals surface area contributed by atoms with E-state index in [4.69, 9.17) is 33.0 Å². The third kappa shape index (κ3) is 6.85. The number of hydrogen-bond acceptors (Lipinski definition) is 4. The van der Waals surface area contributed by atoms with Crippen LogP contribution < -0.4 is 10.1 Å². The van der Waals surface area contributed by atoms with Crippen molar-refractivity contribution in [1.82, 2.24) is 5.32 Å². The maximum Gasteiger partial charge on any atom is 0.156 e. The largest absolute Gasteiger partial charge is 0.488 e. The molecule has 1 aromatic rings. The maximum atomic E-state index is 9.90. The molecule has 6 heteroatoms. The van der Waals surface area contributed by atoms with Crippen LogP contribution in [0.1, 0.15) is 20.3 Å². The molecular formula is C15H23Cl2NO3. The molecule has 0 aliphatic carbocycles. The molecule has 1 aromatic carbocycles. The van der Waals surface area contributed by atoms with Crippen LogP contribution in [0.3, 0.4) is 0 Å². The van der Waals surface area contributed by atoms with E-state index in [0.29, 0.717) is 35.3 Å². The summed E-state index contributed by atoms with van der Waals surface area (Å²) in [6.45, 7) is 5.49. The minimum absolute atomic E-state index is 0.0125. The molecule has 0 fully saturated rings. The number of rotatable bonds is 9. The second-order valence-electron chi connectivity index (χ2n) is 5.78. The van der Waals surface area contributed by atoms with Gasteiger partial charge < -0.3 is 20.3 Å².